The SMILES string of the molecule is Cc1ccc(C(=O)N2CCN=C2N2CCN(C3CCC3)CC2)cc1. The topological polar surface area (TPSA) is 39.2 Å². The van der Waals surface area contributed by atoms with Crippen molar-refractivity contribution in [3.63, 3.8) is 0 Å². The van der Waals surface area contributed by atoms with Gasteiger partial charge in [-0.25, -0.2) is 0 Å². The molecular formula is C19H26N4O. The number of rotatable bonds is 2. The number of aryl methyl sites for hydroxylation is 1. The Kier molecular flexibility index (Phi) is 4.27. The summed E-state index contributed by atoms with van der Waals surface area (Å²) in [6.07, 6.45) is 4.11. The van der Waals surface area contributed by atoms with Crippen LogP contribution >= 0.6 is 0 Å². The minimum atomic E-state index is 0.0765. The van der Waals surface area contributed by atoms with Crippen molar-refractivity contribution in [2.24, 2.45) is 4.99 Å². The Morgan fingerprint density at radius 3 is 2.38 bits per heavy atom. The van der Waals surface area contributed by atoms with Crippen molar-refractivity contribution in [3.8, 4) is 0 Å². The molecule has 3 aliphatic rings. The van der Waals surface area contributed by atoms with Gasteiger partial charge in [0.2, 0.25) is 5.96 Å². The molecule has 5 heteroatoms. The van der Waals surface area contributed by atoms with Crippen LogP contribution in [0.2, 0.25) is 0 Å². The van der Waals surface area contributed by atoms with Crippen LogP contribution < -0.4 is 0 Å². The van der Waals surface area contributed by atoms with Crippen LogP contribution in [0.5, 0.6) is 0 Å². The summed E-state index contributed by atoms with van der Waals surface area (Å²) in [5.41, 5.74) is 1.93. The number of guanidine groups is 1. The van der Waals surface area contributed by atoms with Crippen molar-refractivity contribution in [2.45, 2.75) is 32.2 Å². The molecule has 0 spiro atoms. The molecule has 0 unspecified atom stereocenters. The van der Waals surface area contributed by atoms with Crippen molar-refractivity contribution in [2.75, 3.05) is 39.3 Å². The second-order valence-corrected chi connectivity index (χ2v) is 7.11. The van der Waals surface area contributed by atoms with E-state index >= 15 is 0 Å². The fourth-order valence-corrected chi connectivity index (χ4v) is 3.79. The molecule has 1 saturated carbocycles. The maximum absolute atomic E-state index is 12.8. The number of benzene rings is 1. The lowest BCUT2D eigenvalue weighted by atomic mass is 9.91. The summed E-state index contributed by atoms with van der Waals surface area (Å²) in [7, 11) is 0. The Labute approximate surface area is 143 Å². The number of piperazine rings is 1. The zero-order valence-electron chi connectivity index (χ0n) is 14.4. The first-order valence-electron chi connectivity index (χ1n) is 9.14. The van der Waals surface area contributed by atoms with Gasteiger partial charge >= 0.3 is 0 Å². The van der Waals surface area contributed by atoms with Crippen molar-refractivity contribution in [3.05, 3.63) is 35.4 Å². The molecular weight excluding hydrogens is 300 g/mol. The van der Waals surface area contributed by atoms with Gasteiger partial charge in [0, 0.05) is 44.3 Å². The largest absolute Gasteiger partial charge is 0.340 e. The molecule has 0 radical (unpaired) electrons. The van der Waals surface area contributed by atoms with Gasteiger partial charge in [-0.3, -0.25) is 19.6 Å². The van der Waals surface area contributed by atoms with E-state index in [4.69, 9.17) is 0 Å². The smallest absolute Gasteiger partial charge is 0.260 e. The summed E-state index contributed by atoms with van der Waals surface area (Å²) in [5.74, 6) is 0.960. The standard InChI is InChI=1S/C19H26N4O/c1-15-5-7-16(8-6-15)18(24)23-10-9-20-19(23)22-13-11-21(12-14-22)17-3-2-4-17/h5-8,17H,2-4,9-14H2,1H3. The summed E-state index contributed by atoms with van der Waals surface area (Å²) in [5, 5.41) is 0. The molecule has 0 aromatic heterocycles. The Morgan fingerprint density at radius 2 is 1.75 bits per heavy atom. The summed E-state index contributed by atoms with van der Waals surface area (Å²) in [6, 6.07) is 8.64. The fraction of sp³-hybridized carbons (Fsp3) is 0.579. The Morgan fingerprint density at radius 1 is 1.04 bits per heavy atom. The predicted octanol–water partition coefficient (Wildman–Crippen LogP) is 1.98. The molecule has 0 bridgehead atoms. The van der Waals surface area contributed by atoms with E-state index in [1.54, 1.807) is 0 Å². The van der Waals surface area contributed by atoms with E-state index in [9.17, 15) is 4.79 Å². The normalized spacial score (nSPS) is 22.5. The van der Waals surface area contributed by atoms with Gasteiger partial charge in [0.1, 0.15) is 0 Å². The molecule has 0 atom stereocenters. The zero-order valence-corrected chi connectivity index (χ0v) is 14.4. The third kappa shape index (κ3) is 2.93. The van der Waals surface area contributed by atoms with Gasteiger partial charge in [-0.05, 0) is 31.9 Å². The van der Waals surface area contributed by atoms with E-state index in [1.165, 1.54) is 24.8 Å². The highest BCUT2D eigenvalue weighted by Gasteiger charge is 2.33. The molecule has 5 nitrogen and oxygen atoms in total. The van der Waals surface area contributed by atoms with E-state index in [0.717, 1.165) is 50.3 Å². The molecule has 4 rings (SSSR count). The highest BCUT2D eigenvalue weighted by Crippen LogP contribution is 2.26. The summed E-state index contributed by atoms with van der Waals surface area (Å²) >= 11 is 0. The van der Waals surface area contributed by atoms with Crippen LogP contribution in [0.25, 0.3) is 0 Å². The Balaban J connectivity index is 1.41. The summed E-state index contributed by atoms with van der Waals surface area (Å²) in [6.45, 7) is 7.60. The predicted molar refractivity (Wildman–Crippen MR) is 95.3 cm³/mol. The maximum Gasteiger partial charge on any atom is 0.260 e. The Hall–Kier alpha value is -1.88. The Bertz CT molecular complexity index is 627. The monoisotopic (exact) mass is 326 g/mol. The molecule has 128 valence electrons. The third-order valence-corrected chi connectivity index (χ3v) is 5.55. The van der Waals surface area contributed by atoms with Crippen LogP contribution in [-0.4, -0.2) is 71.9 Å². The van der Waals surface area contributed by atoms with E-state index in [-0.39, 0.29) is 5.91 Å². The lowest BCUT2D eigenvalue weighted by Crippen LogP contribution is -2.56. The molecule has 1 aliphatic carbocycles. The second kappa shape index (κ2) is 6.55. The molecule has 2 heterocycles. The number of carbonyl (C=O) groups is 1. The van der Waals surface area contributed by atoms with Gasteiger partial charge < -0.3 is 4.90 Å². The minimum Gasteiger partial charge on any atom is -0.340 e. The highest BCUT2D eigenvalue weighted by atomic mass is 16.2. The number of aliphatic imine (C=N–C) groups is 1. The zero-order chi connectivity index (χ0) is 16.5. The number of carbonyl (C=O) groups excluding carboxylic acids is 1. The molecule has 2 aliphatic heterocycles. The van der Waals surface area contributed by atoms with Crippen molar-refractivity contribution in [1.29, 1.82) is 0 Å². The van der Waals surface area contributed by atoms with Gasteiger partial charge in [-0.2, -0.15) is 0 Å². The van der Waals surface area contributed by atoms with E-state index in [2.05, 4.69) is 14.8 Å². The summed E-state index contributed by atoms with van der Waals surface area (Å²) in [4.78, 5) is 24.3. The van der Waals surface area contributed by atoms with E-state index in [0.29, 0.717) is 6.54 Å². The molecule has 1 aromatic carbocycles. The number of nitrogens with zero attached hydrogens (tertiary/aromatic N) is 4. The van der Waals surface area contributed by atoms with Crippen molar-refractivity contribution < 1.29 is 4.79 Å². The third-order valence-electron chi connectivity index (χ3n) is 5.55. The van der Waals surface area contributed by atoms with Crippen LogP contribution in [0.15, 0.2) is 29.3 Å². The van der Waals surface area contributed by atoms with Crippen molar-refractivity contribution >= 4 is 11.9 Å². The second-order valence-electron chi connectivity index (χ2n) is 7.11. The molecule has 1 aromatic rings. The van der Waals surface area contributed by atoms with Gasteiger partial charge in [0.05, 0.1) is 6.54 Å². The van der Waals surface area contributed by atoms with Crippen LogP contribution in [0.3, 0.4) is 0 Å². The molecule has 1 amide bonds. The molecule has 2 fully saturated rings. The number of hydrogen-bond donors (Lipinski definition) is 0. The molecule has 0 N–H and O–H groups in total. The minimum absolute atomic E-state index is 0.0765. The van der Waals surface area contributed by atoms with Crippen LogP contribution in [0.1, 0.15) is 35.2 Å². The van der Waals surface area contributed by atoms with Crippen molar-refractivity contribution in [1.82, 2.24) is 14.7 Å². The lowest BCUT2D eigenvalue weighted by molar-refractivity contribution is 0.0745. The summed E-state index contributed by atoms with van der Waals surface area (Å²) < 4.78 is 0. The van der Waals surface area contributed by atoms with Crippen LogP contribution in [-0.2, 0) is 0 Å². The molecule has 1 saturated heterocycles. The fourth-order valence-electron chi connectivity index (χ4n) is 3.79. The quantitative estimate of drug-likeness (QED) is 0.834. The van der Waals surface area contributed by atoms with E-state index < -0.39 is 0 Å². The highest BCUT2D eigenvalue weighted by molar-refractivity contribution is 6.06. The van der Waals surface area contributed by atoms with Crippen LogP contribution in [0, 0.1) is 6.92 Å². The maximum atomic E-state index is 12.8. The number of amides is 1. The van der Waals surface area contributed by atoms with Gasteiger partial charge in [-0.1, -0.05) is 24.1 Å². The van der Waals surface area contributed by atoms with Gasteiger partial charge in [0.15, 0.2) is 0 Å². The van der Waals surface area contributed by atoms with Gasteiger partial charge in [0.25, 0.3) is 5.91 Å². The average Bonchev–Trinajstić information content (AvgIpc) is 3.03. The van der Waals surface area contributed by atoms with Gasteiger partial charge in [-0.15, -0.1) is 0 Å². The first-order valence-corrected chi connectivity index (χ1v) is 9.14. The van der Waals surface area contributed by atoms with E-state index in [1.807, 2.05) is 36.1 Å². The lowest BCUT2D eigenvalue weighted by Gasteiger charge is -2.44. The number of hydrogen-bond acceptors (Lipinski definition) is 4. The van der Waals surface area contributed by atoms with Crippen LogP contribution in [0.4, 0.5) is 0 Å². The first kappa shape index (κ1) is 15.6. The molecule has 24 heavy (non-hydrogen) atoms. The first-order chi connectivity index (χ1) is 11.7. The average molecular weight is 326 g/mol.